The number of nitrogens with two attached hydrogens (primary N) is 1. The molecule has 0 unspecified atom stereocenters. The summed E-state index contributed by atoms with van der Waals surface area (Å²) in [7, 11) is 0. The molecule has 6 nitrogen and oxygen atoms in total. The molecular weight excluding hydrogens is 318 g/mol. The predicted molar refractivity (Wildman–Crippen MR) is 96.1 cm³/mol. The van der Waals surface area contributed by atoms with Crippen molar-refractivity contribution in [1.82, 2.24) is 5.32 Å². The maximum Gasteiger partial charge on any atom is 0.278 e. The van der Waals surface area contributed by atoms with Crippen molar-refractivity contribution in [3.8, 4) is 0 Å². The van der Waals surface area contributed by atoms with Crippen LogP contribution in [-0.2, 0) is 9.59 Å². The van der Waals surface area contributed by atoms with E-state index >= 15 is 0 Å². The first-order chi connectivity index (χ1) is 11.9. The van der Waals surface area contributed by atoms with Crippen molar-refractivity contribution in [1.29, 1.82) is 0 Å². The van der Waals surface area contributed by atoms with Crippen molar-refractivity contribution >= 4 is 17.5 Å². The topological polar surface area (TPSA) is 88.0 Å². The lowest BCUT2D eigenvalue weighted by Gasteiger charge is -2.15. The molecule has 0 aliphatic rings. The Morgan fingerprint density at radius 3 is 2.40 bits per heavy atom. The zero-order chi connectivity index (χ0) is 18.4. The van der Waals surface area contributed by atoms with E-state index < -0.39 is 0 Å². The Balaban J connectivity index is 1.81. The molecule has 1 heterocycles. The Morgan fingerprint density at radius 2 is 1.80 bits per heavy atom. The van der Waals surface area contributed by atoms with Gasteiger partial charge < -0.3 is 20.4 Å². The highest BCUT2D eigenvalue weighted by Crippen LogP contribution is 2.18. The summed E-state index contributed by atoms with van der Waals surface area (Å²) in [6.07, 6.45) is 1.61. The van der Waals surface area contributed by atoms with Crippen LogP contribution in [0, 0.1) is 13.8 Å². The lowest BCUT2D eigenvalue weighted by atomic mass is 10.1. The maximum atomic E-state index is 12.2. The van der Waals surface area contributed by atoms with E-state index in [1.165, 1.54) is 0 Å². The van der Waals surface area contributed by atoms with Gasteiger partial charge in [0.2, 0.25) is 5.91 Å². The summed E-state index contributed by atoms with van der Waals surface area (Å²) in [5.41, 5.74) is 2.79. The third-order valence-electron chi connectivity index (χ3n) is 4.15. The normalized spacial score (nSPS) is 13.1. The number of rotatable bonds is 7. The highest BCUT2D eigenvalue weighted by molar-refractivity contribution is 5.96. The molecule has 1 aromatic heterocycles. The number of furan rings is 1. The van der Waals surface area contributed by atoms with E-state index in [2.05, 4.69) is 10.6 Å². The van der Waals surface area contributed by atoms with E-state index in [4.69, 9.17) is 4.42 Å². The van der Waals surface area contributed by atoms with Crippen molar-refractivity contribution in [2.45, 2.75) is 39.8 Å². The van der Waals surface area contributed by atoms with E-state index in [1.54, 1.807) is 13.2 Å². The number of carbonyl (C=O) groups excluding carboxylic acids is 2. The van der Waals surface area contributed by atoms with Gasteiger partial charge in [0.05, 0.1) is 12.8 Å². The second-order valence-electron chi connectivity index (χ2n) is 6.32. The van der Waals surface area contributed by atoms with Crippen LogP contribution in [0.15, 0.2) is 41.0 Å². The molecule has 2 aromatic rings. The van der Waals surface area contributed by atoms with Crippen molar-refractivity contribution in [2.75, 3.05) is 11.9 Å². The molecule has 0 saturated carbocycles. The summed E-state index contributed by atoms with van der Waals surface area (Å²) in [5, 5.41) is 7.44. The first-order valence-corrected chi connectivity index (χ1v) is 8.40. The van der Waals surface area contributed by atoms with E-state index in [-0.39, 0.29) is 30.4 Å². The van der Waals surface area contributed by atoms with Crippen molar-refractivity contribution in [3.05, 3.63) is 53.5 Å². The maximum absolute atomic E-state index is 12.2. The SMILES string of the molecule is Cc1cccc(C)c1NC(=O)CNC(=O)[C@@H](C)[NH2+][C@@H](C)c1ccco1. The highest BCUT2D eigenvalue weighted by Gasteiger charge is 2.22. The second kappa shape index (κ2) is 8.48. The van der Waals surface area contributed by atoms with Gasteiger partial charge in [-0.3, -0.25) is 9.59 Å². The Kier molecular flexibility index (Phi) is 6.36. The summed E-state index contributed by atoms with van der Waals surface area (Å²) >= 11 is 0. The number of anilines is 1. The predicted octanol–water partition coefficient (Wildman–Crippen LogP) is 1.66. The van der Waals surface area contributed by atoms with Crippen LogP contribution in [0.5, 0.6) is 0 Å². The van der Waals surface area contributed by atoms with Crippen LogP contribution >= 0.6 is 0 Å². The van der Waals surface area contributed by atoms with Crippen molar-refractivity contribution < 1.29 is 19.3 Å². The zero-order valence-electron chi connectivity index (χ0n) is 15.1. The standard InChI is InChI=1S/C19H25N3O3/c1-12-7-5-8-13(2)18(12)22-17(23)11-20-19(24)15(4)21-14(3)16-9-6-10-25-16/h5-10,14-15,21H,11H2,1-4H3,(H,20,24)(H,22,23)/p+1/t14-,15+/m0/s1. The largest absolute Gasteiger partial charge is 0.463 e. The molecule has 0 aliphatic heterocycles. The van der Waals surface area contributed by atoms with Crippen molar-refractivity contribution in [3.63, 3.8) is 0 Å². The van der Waals surface area contributed by atoms with E-state index in [1.807, 2.05) is 56.4 Å². The van der Waals surface area contributed by atoms with Gasteiger partial charge in [-0.05, 0) is 51.0 Å². The molecule has 0 saturated heterocycles. The Hall–Kier alpha value is -2.60. The molecule has 2 rings (SSSR count). The van der Waals surface area contributed by atoms with E-state index in [9.17, 15) is 9.59 Å². The Labute approximate surface area is 148 Å². The zero-order valence-corrected chi connectivity index (χ0v) is 15.1. The molecule has 6 heteroatoms. The second-order valence-corrected chi connectivity index (χ2v) is 6.32. The van der Waals surface area contributed by atoms with E-state index in [0.717, 1.165) is 22.6 Å². The average molecular weight is 344 g/mol. The third-order valence-corrected chi connectivity index (χ3v) is 4.15. The summed E-state index contributed by atoms with van der Waals surface area (Å²) in [6.45, 7) is 7.59. The van der Waals surface area contributed by atoms with Crippen LogP contribution in [0.1, 0.15) is 36.8 Å². The fourth-order valence-electron chi connectivity index (χ4n) is 2.69. The van der Waals surface area contributed by atoms with Gasteiger partial charge in [0.25, 0.3) is 5.91 Å². The first-order valence-electron chi connectivity index (χ1n) is 8.40. The van der Waals surface area contributed by atoms with Crippen LogP contribution in [0.3, 0.4) is 0 Å². The molecule has 134 valence electrons. The Bertz CT molecular complexity index is 705. The number of amides is 2. The third kappa shape index (κ3) is 5.19. The van der Waals surface area contributed by atoms with Gasteiger partial charge >= 0.3 is 0 Å². The number of para-hydroxylation sites is 1. The molecule has 0 fully saturated rings. The smallest absolute Gasteiger partial charge is 0.278 e. The number of quaternary nitrogens is 1. The number of aryl methyl sites for hydroxylation is 2. The van der Waals surface area contributed by atoms with Crippen LogP contribution in [0.2, 0.25) is 0 Å². The van der Waals surface area contributed by atoms with Crippen LogP contribution in [-0.4, -0.2) is 24.4 Å². The van der Waals surface area contributed by atoms with Gasteiger partial charge in [-0.1, -0.05) is 18.2 Å². The number of hydrogen-bond donors (Lipinski definition) is 3. The van der Waals surface area contributed by atoms with Gasteiger partial charge in [-0.25, -0.2) is 0 Å². The van der Waals surface area contributed by atoms with E-state index in [0.29, 0.717) is 0 Å². The lowest BCUT2D eigenvalue weighted by molar-refractivity contribution is -0.712. The van der Waals surface area contributed by atoms with Crippen LogP contribution < -0.4 is 16.0 Å². The van der Waals surface area contributed by atoms with Gasteiger partial charge in [0.1, 0.15) is 6.04 Å². The number of carbonyl (C=O) groups is 2. The number of benzene rings is 1. The Morgan fingerprint density at radius 1 is 1.12 bits per heavy atom. The van der Waals surface area contributed by atoms with Crippen LogP contribution in [0.25, 0.3) is 0 Å². The van der Waals surface area contributed by atoms with Crippen LogP contribution in [0.4, 0.5) is 5.69 Å². The fraction of sp³-hybridized carbons (Fsp3) is 0.368. The molecule has 1 aromatic carbocycles. The molecule has 2 atom stereocenters. The minimum Gasteiger partial charge on any atom is -0.463 e. The van der Waals surface area contributed by atoms with Crippen molar-refractivity contribution in [2.24, 2.45) is 0 Å². The molecule has 0 radical (unpaired) electrons. The minimum absolute atomic E-state index is 0.0270. The van der Waals surface area contributed by atoms with Gasteiger partial charge in [-0.2, -0.15) is 0 Å². The summed E-state index contributed by atoms with van der Waals surface area (Å²) in [4.78, 5) is 24.3. The molecule has 0 aliphatic carbocycles. The molecule has 2 amide bonds. The molecule has 25 heavy (non-hydrogen) atoms. The monoisotopic (exact) mass is 344 g/mol. The molecular formula is C19H26N3O3+. The minimum atomic E-state index is -0.326. The average Bonchev–Trinajstić information content (AvgIpc) is 3.10. The number of hydrogen-bond acceptors (Lipinski definition) is 3. The van der Waals surface area contributed by atoms with Gasteiger partial charge in [-0.15, -0.1) is 0 Å². The fourth-order valence-corrected chi connectivity index (χ4v) is 2.69. The quantitative estimate of drug-likeness (QED) is 0.714. The first kappa shape index (κ1) is 18.7. The van der Waals surface area contributed by atoms with Gasteiger partial charge in [0, 0.05) is 5.69 Å². The highest BCUT2D eigenvalue weighted by atomic mass is 16.3. The number of nitrogens with one attached hydrogen (secondary N) is 2. The lowest BCUT2D eigenvalue weighted by Crippen LogP contribution is -2.92. The summed E-state index contributed by atoms with van der Waals surface area (Å²) in [6, 6.07) is 9.22. The molecule has 4 N–H and O–H groups in total. The molecule has 0 spiro atoms. The summed E-state index contributed by atoms with van der Waals surface area (Å²) < 4.78 is 5.34. The summed E-state index contributed by atoms with van der Waals surface area (Å²) in [5.74, 6) is 0.388. The molecule has 0 bridgehead atoms. The van der Waals surface area contributed by atoms with Gasteiger partial charge in [0.15, 0.2) is 11.8 Å².